The van der Waals surface area contributed by atoms with Crippen LogP contribution in [0.2, 0.25) is 0 Å². The molecule has 2 aromatic heterocycles. The van der Waals surface area contributed by atoms with Crippen LogP contribution < -0.4 is 5.73 Å². The second kappa shape index (κ2) is 6.29. The lowest BCUT2D eigenvalue weighted by Crippen LogP contribution is -2.13. The van der Waals surface area contributed by atoms with Gasteiger partial charge in [0.2, 0.25) is 0 Å². The van der Waals surface area contributed by atoms with Gasteiger partial charge in [-0.15, -0.1) is 0 Å². The molecule has 0 radical (unpaired) electrons. The van der Waals surface area contributed by atoms with Gasteiger partial charge in [-0.1, -0.05) is 19.8 Å². The van der Waals surface area contributed by atoms with E-state index in [1.54, 1.807) is 11.3 Å². The van der Waals surface area contributed by atoms with Crippen LogP contribution in [0.25, 0.3) is 11.1 Å². The van der Waals surface area contributed by atoms with E-state index in [1.807, 2.05) is 0 Å². The van der Waals surface area contributed by atoms with Gasteiger partial charge < -0.3 is 10.3 Å². The quantitative estimate of drug-likeness (QED) is 0.740. The molecule has 1 aliphatic rings. The van der Waals surface area contributed by atoms with Crippen LogP contribution in [0.15, 0.2) is 16.8 Å². The number of thiophene rings is 1. The Balaban J connectivity index is 2.14. The summed E-state index contributed by atoms with van der Waals surface area (Å²) in [5, 5.41) is 4.20. The molecule has 2 N–H and O–H groups in total. The molecule has 2 heterocycles. The maximum Gasteiger partial charge on any atom is 0.251 e. The molecule has 0 atom stereocenters. The van der Waals surface area contributed by atoms with E-state index < -0.39 is 0 Å². The van der Waals surface area contributed by atoms with E-state index >= 15 is 0 Å². The molecule has 3 nitrogen and oxygen atoms in total. The second-order valence-electron chi connectivity index (χ2n) is 6.22. The first-order chi connectivity index (χ1) is 10.6. The van der Waals surface area contributed by atoms with Crippen LogP contribution >= 0.6 is 11.3 Å². The van der Waals surface area contributed by atoms with Crippen molar-refractivity contribution in [2.75, 3.05) is 0 Å². The number of hydrogen-bond donors (Lipinski definition) is 1. The van der Waals surface area contributed by atoms with Gasteiger partial charge in [-0.05, 0) is 55.0 Å². The minimum Gasteiger partial charge on any atom is -0.366 e. The zero-order valence-electron chi connectivity index (χ0n) is 13.4. The van der Waals surface area contributed by atoms with Crippen molar-refractivity contribution in [2.24, 2.45) is 5.73 Å². The Morgan fingerprint density at radius 1 is 1.41 bits per heavy atom. The maximum absolute atomic E-state index is 12.1. The first kappa shape index (κ1) is 15.3. The molecular formula is C18H24N2OS. The Labute approximate surface area is 136 Å². The van der Waals surface area contributed by atoms with Crippen LogP contribution in [0, 0.1) is 6.92 Å². The van der Waals surface area contributed by atoms with Gasteiger partial charge in [0.25, 0.3) is 5.91 Å². The molecule has 1 saturated carbocycles. The molecule has 22 heavy (non-hydrogen) atoms. The second-order valence-corrected chi connectivity index (χ2v) is 7.00. The minimum absolute atomic E-state index is 0.296. The minimum atomic E-state index is -0.296. The number of nitrogens with zero attached hydrogens (tertiary/aromatic N) is 1. The smallest absolute Gasteiger partial charge is 0.251 e. The molecule has 0 aromatic carbocycles. The van der Waals surface area contributed by atoms with Crippen molar-refractivity contribution < 1.29 is 4.79 Å². The Morgan fingerprint density at radius 2 is 2.18 bits per heavy atom. The maximum atomic E-state index is 12.1. The molecule has 0 spiro atoms. The van der Waals surface area contributed by atoms with Crippen LogP contribution in [0.4, 0.5) is 0 Å². The SMILES string of the molecule is CCCCCc1c(-c2ccsc2)c(C(N)=O)c(C)n1C1CC1. The highest BCUT2D eigenvalue weighted by Crippen LogP contribution is 2.43. The van der Waals surface area contributed by atoms with E-state index in [0.29, 0.717) is 6.04 Å². The van der Waals surface area contributed by atoms with Crippen molar-refractivity contribution in [1.82, 2.24) is 4.57 Å². The van der Waals surface area contributed by atoms with Crippen LogP contribution in [-0.4, -0.2) is 10.5 Å². The average molecular weight is 316 g/mol. The Kier molecular flexibility index (Phi) is 4.39. The zero-order valence-corrected chi connectivity index (χ0v) is 14.2. The van der Waals surface area contributed by atoms with Crippen LogP contribution in [0.1, 0.15) is 66.8 Å². The van der Waals surface area contributed by atoms with E-state index in [0.717, 1.165) is 28.8 Å². The largest absolute Gasteiger partial charge is 0.366 e. The topological polar surface area (TPSA) is 48.0 Å². The van der Waals surface area contributed by atoms with E-state index in [1.165, 1.54) is 37.8 Å². The van der Waals surface area contributed by atoms with Gasteiger partial charge in [0.15, 0.2) is 0 Å². The van der Waals surface area contributed by atoms with Gasteiger partial charge in [0, 0.05) is 23.0 Å². The van der Waals surface area contributed by atoms with Crippen molar-refractivity contribution in [3.05, 3.63) is 33.8 Å². The molecule has 118 valence electrons. The fraction of sp³-hybridized carbons (Fsp3) is 0.500. The fourth-order valence-corrected chi connectivity index (χ4v) is 4.05. The number of carbonyl (C=O) groups is 1. The number of hydrogen-bond acceptors (Lipinski definition) is 2. The van der Waals surface area contributed by atoms with Crippen molar-refractivity contribution in [1.29, 1.82) is 0 Å². The summed E-state index contributed by atoms with van der Waals surface area (Å²) in [7, 11) is 0. The summed E-state index contributed by atoms with van der Waals surface area (Å²) >= 11 is 1.67. The zero-order chi connectivity index (χ0) is 15.7. The van der Waals surface area contributed by atoms with Crippen molar-refractivity contribution in [2.45, 2.75) is 58.4 Å². The predicted molar refractivity (Wildman–Crippen MR) is 92.5 cm³/mol. The summed E-state index contributed by atoms with van der Waals surface area (Å²) in [4.78, 5) is 12.1. The van der Waals surface area contributed by atoms with Crippen molar-refractivity contribution in [3.8, 4) is 11.1 Å². The molecule has 3 rings (SSSR count). The summed E-state index contributed by atoms with van der Waals surface area (Å²) in [6.07, 6.45) is 7.07. The molecule has 0 unspecified atom stereocenters. The average Bonchev–Trinajstić information content (AvgIpc) is 3.07. The first-order valence-electron chi connectivity index (χ1n) is 8.21. The number of primary amides is 1. The number of rotatable bonds is 7. The Bertz CT molecular complexity index is 666. The van der Waals surface area contributed by atoms with Gasteiger partial charge in [-0.25, -0.2) is 0 Å². The molecule has 4 heteroatoms. The third kappa shape index (κ3) is 2.72. The Morgan fingerprint density at radius 3 is 2.73 bits per heavy atom. The third-order valence-electron chi connectivity index (χ3n) is 4.54. The summed E-state index contributed by atoms with van der Waals surface area (Å²) in [5.41, 5.74) is 11.1. The molecule has 0 saturated heterocycles. The molecule has 1 amide bonds. The molecule has 1 aliphatic carbocycles. The third-order valence-corrected chi connectivity index (χ3v) is 5.22. The monoisotopic (exact) mass is 316 g/mol. The van der Waals surface area contributed by atoms with Crippen LogP contribution in [0.5, 0.6) is 0 Å². The van der Waals surface area contributed by atoms with E-state index in [2.05, 4.69) is 35.2 Å². The van der Waals surface area contributed by atoms with Gasteiger partial charge in [-0.2, -0.15) is 11.3 Å². The summed E-state index contributed by atoms with van der Waals surface area (Å²) in [6.45, 7) is 4.28. The lowest BCUT2D eigenvalue weighted by Gasteiger charge is -2.12. The molecule has 0 bridgehead atoms. The highest BCUT2D eigenvalue weighted by molar-refractivity contribution is 7.08. The van der Waals surface area contributed by atoms with Crippen molar-refractivity contribution in [3.63, 3.8) is 0 Å². The highest BCUT2D eigenvalue weighted by Gasteiger charge is 2.32. The summed E-state index contributed by atoms with van der Waals surface area (Å²) in [5.74, 6) is -0.296. The highest BCUT2D eigenvalue weighted by atomic mass is 32.1. The predicted octanol–water partition coefficient (Wildman–Crippen LogP) is 4.69. The normalized spacial score (nSPS) is 14.5. The molecular weight excluding hydrogens is 292 g/mol. The molecule has 0 aliphatic heterocycles. The standard InChI is InChI=1S/C18H24N2OS/c1-3-4-5-6-15-17(13-9-10-22-11-13)16(18(19)21)12(2)20(15)14-7-8-14/h9-11,14H,3-8H2,1-2H3,(H2,19,21). The van der Waals surface area contributed by atoms with E-state index in [-0.39, 0.29) is 5.91 Å². The van der Waals surface area contributed by atoms with E-state index in [9.17, 15) is 4.79 Å². The van der Waals surface area contributed by atoms with Gasteiger partial charge >= 0.3 is 0 Å². The molecule has 1 fully saturated rings. The van der Waals surface area contributed by atoms with Gasteiger partial charge in [-0.3, -0.25) is 4.79 Å². The fourth-order valence-electron chi connectivity index (χ4n) is 3.40. The number of unbranched alkanes of at least 4 members (excludes halogenated alkanes) is 2. The molecule has 2 aromatic rings. The Hall–Kier alpha value is -1.55. The summed E-state index contributed by atoms with van der Waals surface area (Å²) in [6, 6.07) is 2.68. The van der Waals surface area contributed by atoms with Crippen molar-refractivity contribution >= 4 is 17.2 Å². The lowest BCUT2D eigenvalue weighted by molar-refractivity contribution is 0.1000. The number of carbonyl (C=O) groups excluding carboxylic acids is 1. The van der Waals surface area contributed by atoms with E-state index in [4.69, 9.17) is 5.73 Å². The first-order valence-corrected chi connectivity index (χ1v) is 9.15. The summed E-state index contributed by atoms with van der Waals surface area (Å²) < 4.78 is 2.41. The number of aromatic nitrogens is 1. The number of amides is 1. The van der Waals surface area contributed by atoms with Crippen LogP contribution in [0.3, 0.4) is 0 Å². The lowest BCUT2D eigenvalue weighted by atomic mass is 9.99. The van der Waals surface area contributed by atoms with Crippen LogP contribution in [-0.2, 0) is 6.42 Å². The van der Waals surface area contributed by atoms with Gasteiger partial charge in [0.1, 0.15) is 0 Å². The number of nitrogens with two attached hydrogens (primary N) is 1. The van der Waals surface area contributed by atoms with Gasteiger partial charge in [0.05, 0.1) is 5.56 Å².